The van der Waals surface area contributed by atoms with Gasteiger partial charge in [0.2, 0.25) is 0 Å². The Kier molecular flexibility index (Phi) is 6.18. The lowest BCUT2D eigenvalue weighted by molar-refractivity contribution is 0.0700. The maximum absolute atomic E-state index is 13.8. The third-order valence-corrected chi connectivity index (χ3v) is 10.5. The number of carbonyl (C=O) groups excluding carboxylic acids is 1. The van der Waals surface area contributed by atoms with Crippen LogP contribution in [0, 0.1) is 23.2 Å². The van der Waals surface area contributed by atoms with Crippen molar-refractivity contribution < 1.29 is 9.53 Å². The molecule has 3 fully saturated rings. The van der Waals surface area contributed by atoms with Crippen molar-refractivity contribution >= 4 is 38.9 Å². The summed E-state index contributed by atoms with van der Waals surface area (Å²) >= 11 is 0. The number of methoxy groups -OCH3 is 1. The van der Waals surface area contributed by atoms with Crippen molar-refractivity contribution in [2.75, 3.05) is 13.7 Å². The van der Waals surface area contributed by atoms with Crippen molar-refractivity contribution in [3.8, 4) is 34.6 Å². The van der Waals surface area contributed by atoms with E-state index in [4.69, 9.17) is 20.4 Å². The van der Waals surface area contributed by atoms with Gasteiger partial charge in [-0.05, 0) is 92.1 Å². The van der Waals surface area contributed by atoms with Crippen LogP contribution in [0.5, 0.6) is 5.75 Å². The molecule has 47 heavy (non-hydrogen) atoms. The highest BCUT2D eigenvalue weighted by atomic mass is 16.5. The second kappa shape index (κ2) is 10.4. The minimum atomic E-state index is -0.00500. The van der Waals surface area contributed by atoms with Crippen LogP contribution in [-0.4, -0.2) is 60.6 Å². The van der Waals surface area contributed by atoms with E-state index in [1.807, 2.05) is 42.3 Å². The summed E-state index contributed by atoms with van der Waals surface area (Å²) in [6, 6.07) is 22.1. The Labute approximate surface area is 271 Å². The summed E-state index contributed by atoms with van der Waals surface area (Å²) in [5.41, 5.74) is 13.5. The van der Waals surface area contributed by atoms with Gasteiger partial charge in [-0.15, -0.1) is 0 Å². The van der Waals surface area contributed by atoms with Crippen LogP contribution in [0.25, 0.3) is 55.7 Å². The zero-order valence-electron chi connectivity index (χ0n) is 26.3. The number of nitrogens with zero attached hydrogens (tertiary/aromatic N) is 7. The Hall–Kier alpha value is -5.27. The van der Waals surface area contributed by atoms with Crippen LogP contribution in [0.15, 0.2) is 60.7 Å². The number of fused-ring (bicyclic) bond motifs is 5. The summed E-state index contributed by atoms with van der Waals surface area (Å²) in [5.74, 6) is 2.41. The van der Waals surface area contributed by atoms with E-state index >= 15 is 0 Å². The van der Waals surface area contributed by atoms with Gasteiger partial charge in [0.15, 0.2) is 5.82 Å². The predicted molar refractivity (Wildman–Crippen MR) is 180 cm³/mol. The maximum Gasteiger partial charge on any atom is 0.254 e. The van der Waals surface area contributed by atoms with Crippen molar-refractivity contribution in [3.63, 3.8) is 0 Å². The van der Waals surface area contributed by atoms with Gasteiger partial charge < -0.3 is 24.5 Å². The van der Waals surface area contributed by atoms with Crippen molar-refractivity contribution in [2.24, 2.45) is 24.6 Å². The van der Waals surface area contributed by atoms with Crippen LogP contribution in [0.3, 0.4) is 0 Å². The number of benzene rings is 2. The third kappa shape index (κ3) is 4.41. The van der Waals surface area contributed by atoms with Gasteiger partial charge in [-0.1, -0.05) is 6.07 Å². The number of carbonyl (C=O) groups is 1. The number of rotatable bonds is 6. The fourth-order valence-corrected chi connectivity index (χ4v) is 7.83. The topological polar surface area (TPSA) is 128 Å². The van der Waals surface area contributed by atoms with Gasteiger partial charge in [0.1, 0.15) is 28.7 Å². The van der Waals surface area contributed by atoms with E-state index < -0.39 is 0 Å². The second-order valence-corrected chi connectivity index (χ2v) is 13.4. The first-order chi connectivity index (χ1) is 22.9. The summed E-state index contributed by atoms with van der Waals surface area (Å²) in [6.07, 6.45) is 4.46. The number of aryl methyl sites for hydroxylation is 1. The number of likely N-dealkylation sites (tertiary alicyclic amines) is 1. The number of nitriles is 1. The smallest absolute Gasteiger partial charge is 0.254 e. The van der Waals surface area contributed by atoms with Crippen molar-refractivity contribution in [1.29, 1.82) is 5.26 Å². The molecule has 2 aromatic carbocycles. The molecule has 3 unspecified atom stereocenters. The molecule has 1 amide bonds. The number of pyridine rings is 2. The Bertz CT molecular complexity index is 2310. The number of ether oxygens (including phenoxy) is 1. The molecule has 234 valence electrons. The molecule has 3 atom stereocenters. The summed E-state index contributed by atoms with van der Waals surface area (Å²) in [7, 11) is 3.65. The number of amides is 1. The molecular formula is C37H34N8O2. The van der Waals surface area contributed by atoms with E-state index in [0.717, 1.165) is 75.1 Å². The molecule has 6 aromatic rings. The molecule has 3 aliphatic rings. The van der Waals surface area contributed by atoms with Gasteiger partial charge >= 0.3 is 0 Å². The van der Waals surface area contributed by atoms with Gasteiger partial charge in [0.05, 0.1) is 29.5 Å². The van der Waals surface area contributed by atoms with Crippen LogP contribution < -0.4 is 10.5 Å². The maximum atomic E-state index is 13.8. The Morgan fingerprint density at radius 3 is 2.57 bits per heavy atom. The molecule has 10 heteroatoms. The lowest BCUT2D eigenvalue weighted by atomic mass is 10.1. The quantitative estimate of drug-likeness (QED) is 0.254. The molecule has 1 saturated heterocycles. The normalized spacial score (nSPS) is 20.5. The van der Waals surface area contributed by atoms with E-state index in [0.29, 0.717) is 35.4 Å². The first-order valence-corrected chi connectivity index (χ1v) is 16.3. The highest BCUT2D eigenvalue weighted by Gasteiger charge is 2.47. The number of piperidine rings is 1. The number of hydrogen-bond acceptors (Lipinski definition) is 7. The van der Waals surface area contributed by atoms with E-state index in [9.17, 15) is 10.1 Å². The van der Waals surface area contributed by atoms with E-state index in [1.54, 1.807) is 13.2 Å². The van der Waals surface area contributed by atoms with Crippen molar-refractivity contribution in [2.45, 2.75) is 44.3 Å². The Balaban J connectivity index is 1.14. The summed E-state index contributed by atoms with van der Waals surface area (Å²) in [5, 5.41) is 11.2. The average molecular weight is 623 g/mol. The highest BCUT2D eigenvalue weighted by molar-refractivity contribution is 6.00. The van der Waals surface area contributed by atoms with E-state index in [-0.39, 0.29) is 18.0 Å². The van der Waals surface area contributed by atoms with Gasteiger partial charge in [-0.2, -0.15) is 5.26 Å². The molecule has 1 aliphatic heterocycles. The number of hydrogen-bond donors (Lipinski definition) is 1. The van der Waals surface area contributed by atoms with E-state index in [2.05, 4.69) is 44.5 Å². The molecule has 5 heterocycles. The monoisotopic (exact) mass is 622 g/mol. The van der Waals surface area contributed by atoms with Gasteiger partial charge in [-0.3, -0.25) is 4.79 Å². The molecule has 2 aliphatic carbocycles. The molecule has 0 spiro atoms. The number of nitrogens with two attached hydrogens (primary N) is 1. The largest absolute Gasteiger partial charge is 0.494 e. The molecule has 2 bridgehead atoms. The molecule has 2 saturated carbocycles. The van der Waals surface area contributed by atoms with Crippen LogP contribution in [0.2, 0.25) is 0 Å². The average Bonchev–Trinajstić information content (AvgIpc) is 3.50. The summed E-state index contributed by atoms with van der Waals surface area (Å²) in [6.45, 7) is 1.57. The number of imidazole rings is 1. The van der Waals surface area contributed by atoms with Crippen molar-refractivity contribution in [1.82, 2.24) is 29.0 Å². The fraction of sp³-hybridized carbons (Fsp3) is 0.324. The zero-order chi connectivity index (χ0) is 32.0. The first kappa shape index (κ1) is 28.0. The van der Waals surface area contributed by atoms with Gasteiger partial charge in [0.25, 0.3) is 5.91 Å². The summed E-state index contributed by atoms with van der Waals surface area (Å²) < 4.78 is 10.2. The Morgan fingerprint density at radius 1 is 0.979 bits per heavy atom. The third-order valence-electron chi connectivity index (χ3n) is 10.5. The van der Waals surface area contributed by atoms with Crippen LogP contribution in [0.1, 0.15) is 41.7 Å². The van der Waals surface area contributed by atoms with Gasteiger partial charge in [-0.25, -0.2) is 15.0 Å². The molecular weight excluding hydrogens is 588 g/mol. The second-order valence-electron chi connectivity index (χ2n) is 13.4. The van der Waals surface area contributed by atoms with Crippen LogP contribution in [-0.2, 0) is 13.6 Å². The standard InChI is InChI=1S/C37H34N8O2/c1-43-34-29(14-25(16-32(34)47-2)37(46)45-19-24-8-12-30(45)33(24)39)42-36(43)31-15-23-7-11-28(41-35(23)44(31)18-20-3-4-20)22-6-10-27-21(13-22)5-9-26(17-38)40-27/h5-7,9-11,13-16,20,24,30,33H,3-4,8,12,18-19,39H2,1-2H3. The lowest BCUT2D eigenvalue weighted by Gasteiger charge is -2.27. The highest BCUT2D eigenvalue weighted by Crippen LogP contribution is 2.40. The van der Waals surface area contributed by atoms with E-state index in [1.165, 1.54) is 12.8 Å². The molecule has 0 radical (unpaired) electrons. The lowest BCUT2D eigenvalue weighted by Crippen LogP contribution is -2.41. The zero-order valence-corrected chi connectivity index (χ0v) is 26.3. The van der Waals surface area contributed by atoms with Gasteiger partial charge in [0, 0.05) is 54.1 Å². The molecule has 9 rings (SSSR count). The Morgan fingerprint density at radius 2 is 1.83 bits per heavy atom. The van der Waals surface area contributed by atoms with Crippen LogP contribution in [0.4, 0.5) is 0 Å². The fourth-order valence-electron chi connectivity index (χ4n) is 7.83. The molecule has 4 aromatic heterocycles. The van der Waals surface area contributed by atoms with Crippen LogP contribution >= 0.6 is 0 Å². The SMILES string of the molecule is COc1cc(C(=O)N2CC3CCC2C3N)cc2nc(-c3cc4ccc(-c5ccc6nc(C#N)ccc6c5)nc4n3CC3CC3)n(C)c12. The first-order valence-electron chi connectivity index (χ1n) is 16.3. The molecule has 10 nitrogen and oxygen atoms in total. The predicted octanol–water partition coefficient (Wildman–Crippen LogP) is 5.66. The number of aromatic nitrogens is 5. The van der Waals surface area contributed by atoms with Crippen molar-refractivity contribution in [3.05, 3.63) is 71.9 Å². The minimum Gasteiger partial charge on any atom is -0.494 e. The summed E-state index contributed by atoms with van der Waals surface area (Å²) in [4.78, 5) is 30.5. The minimum absolute atomic E-state index is 0.00500. The molecule has 2 N–H and O–H groups in total.